The Hall–Kier alpha value is -4.02. The molecule has 4 N–H and O–H groups in total. The van der Waals surface area contributed by atoms with Gasteiger partial charge in [-0.3, -0.25) is 5.32 Å². The first-order chi connectivity index (χ1) is 18.0. The van der Waals surface area contributed by atoms with E-state index in [1.807, 2.05) is 58.0 Å². The van der Waals surface area contributed by atoms with E-state index in [-0.39, 0.29) is 27.5 Å². The molecule has 194 valence electrons. The van der Waals surface area contributed by atoms with Crippen LogP contribution in [-0.4, -0.2) is 25.8 Å². The number of urea groups is 1. The molecule has 5 aromatic rings. The monoisotopic (exact) mass is 549 g/mol. The minimum absolute atomic E-state index is 0.117. The fourth-order valence-electron chi connectivity index (χ4n) is 3.94. The summed E-state index contributed by atoms with van der Waals surface area (Å²) in [6.07, 6.45) is 1.36. The summed E-state index contributed by atoms with van der Waals surface area (Å²) in [6, 6.07) is 12.1. The van der Waals surface area contributed by atoms with Gasteiger partial charge in [-0.1, -0.05) is 50.1 Å². The molecule has 11 heteroatoms. The smallest absolute Gasteiger partial charge is 0.324 e. The number of fused-ring (bicyclic) bond motifs is 1. The largest absolute Gasteiger partial charge is 0.383 e. The van der Waals surface area contributed by atoms with E-state index in [0.717, 1.165) is 16.9 Å². The molecule has 3 aromatic heterocycles. The van der Waals surface area contributed by atoms with Gasteiger partial charge in [-0.2, -0.15) is 5.10 Å². The van der Waals surface area contributed by atoms with Crippen molar-refractivity contribution in [2.75, 3.05) is 16.4 Å². The first-order valence-corrected chi connectivity index (χ1v) is 13.0. The number of carbonyl (C=O) groups is 1. The maximum atomic E-state index is 15.4. The van der Waals surface area contributed by atoms with Crippen molar-refractivity contribution < 1.29 is 9.18 Å². The Morgan fingerprint density at radius 3 is 2.53 bits per heavy atom. The number of halogens is 2. The summed E-state index contributed by atoms with van der Waals surface area (Å²) in [5, 5.41) is 12.3. The van der Waals surface area contributed by atoms with Gasteiger partial charge in [0.2, 0.25) is 0 Å². The summed E-state index contributed by atoms with van der Waals surface area (Å²) < 4.78 is 17.1. The van der Waals surface area contributed by atoms with Crippen molar-refractivity contribution in [2.24, 2.45) is 0 Å². The summed E-state index contributed by atoms with van der Waals surface area (Å²) in [5.74, 6) is 0.0278. The zero-order valence-electron chi connectivity index (χ0n) is 21.1. The van der Waals surface area contributed by atoms with Crippen LogP contribution < -0.4 is 16.4 Å². The average molecular weight is 550 g/mol. The van der Waals surface area contributed by atoms with Gasteiger partial charge >= 0.3 is 6.03 Å². The van der Waals surface area contributed by atoms with Gasteiger partial charge in [0.05, 0.1) is 22.5 Å². The molecule has 5 rings (SSSR count). The van der Waals surface area contributed by atoms with Gasteiger partial charge in [0.1, 0.15) is 27.8 Å². The Labute approximate surface area is 227 Å². The Bertz CT molecular complexity index is 1670. The maximum absolute atomic E-state index is 15.4. The van der Waals surface area contributed by atoms with Crippen molar-refractivity contribution in [3.05, 3.63) is 76.3 Å². The number of thiophene rings is 1. The summed E-state index contributed by atoms with van der Waals surface area (Å²) in [6.45, 7) is 8.12. The molecule has 0 unspecified atom stereocenters. The number of hydrogen-bond donors (Lipinski definition) is 3. The van der Waals surface area contributed by atoms with Crippen LogP contribution in [0.15, 0.2) is 54.2 Å². The minimum atomic E-state index is -0.688. The second-order valence-corrected chi connectivity index (χ2v) is 11.1. The number of carbonyl (C=O) groups excluding carboxylic acids is 1. The van der Waals surface area contributed by atoms with E-state index in [1.54, 1.807) is 22.2 Å². The van der Waals surface area contributed by atoms with Crippen LogP contribution in [-0.2, 0) is 5.41 Å². The SMILES string of the molecule is Cc1ccc(-n2nc(C(C)(C)C)cc2NC(=O)Nc2ccc(-c3csc4ncnc(N)c34)c(F)c2Cl)cc1. The lowest BCUT2D eigenvalue weighted by Crippen LogP contribution is -2.21. The highest BCUT2D eigenvalue weighted by Gasteiger charge is 2.23. The summed E-state index contributed by atoms with van der Waals surface area (Å²) >= 11 is 7.69. The molecule has 0 fully saturated rings. The lowest BCUT2D eigenvalue weighted by molar-refractivity contribution is 0.262. The normalized spacial score (nSPS) is 11.6. The Balaban J connectivity index is 1.43. The Morgan fingerprint density at radius 2 is 1.82 bits per heavy atom. The van der Waals surface area contributed by atoms with Gasteiger partial charge in [0, 0.05) is 28.0 Å². The van der Waals surface area contributed by atoms with E-state index in [2.05, 4.69) is 20.6 Å². The van der Waals surface area contributed by atoms with Gasteiger partial charge in [-0.25, -0.2) is 23.8 Å². The number of hydrogen-bond acceptors (Lipinski definition) is 6. The number of rotatable bonds is 4. The van der Waals surface area contributed by atoms with Crippen molar-refractivity contribution in [1.82, 2.24) is 19.7 Å². The predicted octanol–water partition coefficient (Wildman–Crippen LogP) is 7.17. The van der Waals surface area contributed by atoms with Crippen molar-refractivity contribution >= 4 is 56.5 Å². The number of nitrogens with one attached hydrogen (secondary N) is 2. The first-order valence-electron chi connectivity index (χ1n) is 11.7. The maximum Gasteiger partial charge on any atom is 0.324 e. The fraction of sp³-hybridized carbons (Fsp3) is 0.185. The van der Waals surface area contributed by atoms with Gasteiger partial charge in [-0.05, 0) is 31.2 Å². The van der Waals surface area contributed by atoms with Crippen LogP contribution in [0.4, 0.5) is 26.5 Å². The summed E-state index contributed by atoms with van der Waals surface area (Å²) in [4.78, 5) is 21.8. The number of anilines is 3. The van der Waals surface area contributed by atoms with E-state index >= 15 is 4.39 Å². The molecular formula is C27H25ClFN7OS. The molecule has 0 bridgehead atoms. The zero-order valence-corrected chi connectivity index (χ0v) is 22.7. The lowest BCUT2D eigenvalue weighted by Gasteiger charge is -2.14. The molecule has 2 aromatic carbocycles. The molecule has 0 radical (unpaired) electrons. The average Bonchev–Trinajstić information content (AvgIpc) is 3.48. The molecule has 0 aliphatic rings. The van der Waals surface area contributed by atoms with E-state index < -0.39 is 11.8 Å². The predicted molar refractivity (Wildman–Crippen MR) is 152 cm³/mol. The highest BCUT2D eigenvalue weighted by Crippen LogP contribution is 2.40. The van der Waals surface area contributed by atoms with Crippen molar-refractivity contribution in [1.29, 1.82) is 0 Å². The summed E-state index contributed by atoms with van der Waals surface area (Å²) in [7, 11) is 0. The third-order valence-corrected chi connectivity index (χ3v) is 7.27. The third-order valence-electron chi connectivity index (χ3n) is 6.02. The number of aromatic nitrogens is 4. The second-order valence-electron chi connectivity index (χ2n) is 9.87. The highest BCUT2D eigenvalue weighted by atomic mass is 35.5. The second kappa shape index (κ2) is 9.70. The fourth-order valence-corrected chi connectivity index (χ4v) is 5.07. The van der Waals surface area contributed by atoms with Crippen molar-refractivity contribution in [3.8, 4) is 16.8 Å². The topological polar surface area (TPSA) is 111 Å². The van der Waals surface area contributed by atoms with E-state index in [1.165, 1.54) is 17.7 Å². The van der Waals surface area contributed by atoms with Gasteiger partial charge in [-0.15, -0.1) is 11.3 Å². The Morgan fingerprint density at radius 1 is 1.08 bits per heavy atom. The van der Waals surface area contributed by atoms with E-state index in [4.69, 9.17) is 22.4 Å². The van der Waals surface area contributed by atoms with Gasteiger partial charge in [0.25, 0.3) is 0 Å². The molecule has 0 spiro atoms. The number of amides is 2. The van der Waals surface area contributed by atoms with Crippen LogP contribution in [0.2, 0.25) is 5.02 Å². The molecule has 3 heterocycles. The van der Waals surface area contributed by atoms with Crippen LogP contribution in [0.5, 0.6) is 0 Å². The van der Waals surface area contributed by atoms with E-state index in [0.29, 0.717) is 21.6 Å². The molecule has 0 aliphatic carbocycles. The molecule has 38 heavy (non-hydrogen) atoms. The molecule has 8 nitrogen and oxygen atoms in total. The third kappa shape index (κ3) is 4.80. The van der Waals surface area contributed by atoms with Crippen molar-refractivity contribution in [3.63, 3.8) is 0 Å². The first kappa shape index (κ1) is 25.6. The number of nitrogen functional groups attached to an aromatic ring is 1. The number of nitrogens with two attached hydrogens (primary N) is 1. The number of nitrogens with zero attached hydrogens (tertiary/aromatic N) is 4. The van der Waals surface area contributed by atoms with Crippen LogP contribution in [0.3, 0.4) is 0 Å². The minimum Gasteiger partial charge on any atom is -0.383 e. The van der Waals surface area contributed by atoms with Crippen LogP contribution in [0, 0.1) is 12.7 Å². The Kier molecular flexibility index (Phi) is 6.54. The summed E-state index contributed by atoms with van der Waals surface area (Å²) in [5.41, 5.74) is 9.36. The van der Waals surface area contributed by atoms with Crippen LogP contribution in [0.25, 0.3) is 27.0 Å². The number of aryl methyl sites for hydroxylation is 1. The highest BCUT2D eigenvalue weighted by molar-refractivity contribution is 7.17. The van der Waals surface area contributed by atoms with Crippen molar-refractivity contribution in [2.45, 2.75) is 33.1 Å². The number of benzene rings is 2. The van der Waals surface area contributed by atoms with E-state index in [9.17, 15) is 4.79 Å². The molecule has 2 amide bonds. The molecule has 0 atom stereocenters. The van der Waals surface area contributed by atoms with Gasteiger partial charge in [0.15, 0.2) is 5.82 Å². The van der Waals surface area contributed by atoms with Gasteiger partial charge < -0.3 is 11.1 Å². The zero-order chi connectivity index (χ0) is 27.2. The molecular weight excluding hydrogens is 525 g/mol. The lowest BCUT2D eigenvalue weighted by atomic mass is 9.92. The quantitative estimate of drug-likeness (QED) is 0.220. The molecule has 0 saturated carbocycles. The molecule has 0 saturated heterocycles. The molecule has 0 aliphatic heterocycles. The van der Waals surface area contributed by atoms with Crippen LogP contribution >= 0.6 is 22.9 Å². The standard InChI is InChI=1S/C27H25ClFN7OS/c1-14-5-7-15(8-6-14)36-20(11-19(35-36)27(2,3)4)34-26(37)33-18-10-9-16(23(29)22(18)28)17-12-38-25-21(17)24(30)31-13-32-25/h5-13H,1-4H3,(H2,30,31,32)(H2,33,34,37). The van der Waals surface area contributed by atoms with Crippen LogP contribution in [0.1, 0.15) is 32.0 Å².